The van der Waals surface area contributed by atoms with Gasteiger partial charge in [-0.2, -0.15) is 5.10 Å². The van der Waals surface area contributed by atoms with E-state index in [-0.39, 0.29) is 0 Å². The van der Waals surface area contributed by atoms with Crippen molar-refractivity contribution in [1.29, 1.82) is 0 Å². The number of fused-ring (bicyclic) bond motifs is 1. The van der Waals surface area contributed by atoms with Crippen molar-refractivity contribution < 1.29 is 0 Å². The highest BCUT2D eigenvalue weighted by atomic mass is 32.2. The quantitative estimate of drug-likeness (QED) is 0.512. The van der Waals surface area contributed by atoms with Crippen molar-refractivity contribution in [2.24, 2.45) is 5.92 Å². The van der Waals surface area contributed by atoms with E-state index in [1.807, 2.05) is 47.5 Å². The van der Waals surface area contributed by atoms with E-state index < -0.39 is 0 Å². The van der Waals surface area contributed by atoms with Gasteiger partial charge in [-0.1, -0.05) is 49.2 Å². The van der Waals surface area contributed by atoms with Gasteiger partial charge in [0.1, 0.15) is 5.82 Å². The Labute approximate surface area is 158 Å². The molecule has 26 heavy (non-hydrogen) atoms. The summed E-state index contributed by atoms with van der Waals surface area (Å²) < 4.78 is 1.90. The summed E-state index contributed by atoms with van der Waals surface area (Å²) in [5.41, 5.74) is 1.87. The molecule has 1 aromatic carbocycles. The highest BCUT2D eigenvalue weighted by Crippen LogP contribution is 2.30. The minimum atomic E-state index is 0.406. The Morgan fingerprint density at radius 1 is 1.12 bits per heavy atom. The lowest BCUT2D eigenvalue weighted by Crippen LogP contribution is -2.28. The number of para-hydroxylation sites is 1. The van der Waals surface area contributed by atoms with Crippen molar-refractivity contribution in [1.82, 2.24) is 19.7 Å². The van der Waals surface area contributed by atoms with Gasteiger partial charge >= 0.3 is 0 Å². The first-order valence-corrected chi connectivity index (χ1v) is 10.6. The second-order valence-electron chi connectivity index (χ2n) is 7.02. The third-order valence-corrected chi connectivity index (χ3v) is 5.86. The molecule has 1 unspecified atom stereocenters. The molecular weight excluding hydrogens is 342 g/mol. The average Bonchev–Trinajstić information content (AvgIpc) is 3.13. The van der Waals surface area contributed by atoms with E-state index in [1.165, 1.54) is 32.1 Å². The van der Waals surface area contributed by atoms with Gasteiger partial charge in [0, 0.05) is 6.04 Å². The molecule has 6 heteroatoms. The van der Waals surface area contributed by atoms with Crippen molar-refractivity contribution >= 4 is 28.6 Å². The number of rotatable bonds is 5. The lowest BCUT2D eigenvalue weighted by Gasteiger charge is -2.28. The zero-order valence-corrected chi connectivity index (χ0v) is 16.2. The van der Waals surface area contributed by atoms with Crippen LogP contribution in [0.4, 0.5) is 5.82 Å². The minimum Gasteiger partial charge on any atom is -0.367 e. The molecule has 2 aromatic heterocycles. The third kappa shape index (κ3) is 3.43. The molecule has 0 radical (unpaired) electrons. The topological polar surface area (TPSA) is 55.6 Å². The van der Waals surface area contributed by atoms with Crippen LogP contribution in [0.2, 0.25) is 0 Å². The summed E-state index contributed by atoms with van der Waals surface area (Å²) in [5.74, 6) is 1.62. The minimum absolute atomic E-state index is 0.406. The molecule has 3 aromatic rings. The van der Waals surface area contributed by atoms with Crippen LogP contribution in [0.15, 0.2) is 41.7 Å². The molecule has 1 fully saturated rings. The van der Waals surface area contributed by atoms with Gasteiger partial charge in [-0.15, -0.1) is 0 Å². The van der Waals surface area contributed by atoms with E-state index in [0.717, 1.165) is 33.6 Å². The molecule has 1 atom stereocenters. The molecule has 0 saturated heterocycles. The second kappa shape index (κ2) is 7.66. The van der Waals surface area contributed by atoms with Gasteiger partial charge in [-0.05, 0) is 44.1 Å². The van der Waals surface area contributed by atoms with Gasteiger partial charge in [0.25, 0.3) is 0 Å². The van der Waals surface area contributed by atoms with E-state index in [2.05, 4.69) is 17.3 Å². The van der Waals surface area contributed by atoms with Gasteiger partial charge in [0.05, 0.1) is 17.3 Å². The van der Waals surface area contributed by atoms with Crippen LogP contribution in [0, 0.1) is 5.92 Å². The highest BCUT2D eigenvalue weighted by molar-refractivity contribution is 7.98. The zero-order valence-electron chi connectivity index (χ0n) is 15.4. The molecule has 0 bridgehead atoms. The molecule has 1 N–H and O–H groups in total. The Morgan fingerprint density at radius 3 is 2.62 bits per heavy atom. The predicted molar refractivity (Wildman–Crippen MR) is 108 cm³/mol. The Hall–Kier alpha value is -2.08. The lowest BCUT2D eigenvalue weighted by atomic mass is 9.84. The molecule has 5 nitrogen and oxygen atoms in total. The van der Waals surface area contributed by atoms with Gasteiger partial charge in [0.15, 0.2) is 10.8 Å². The smallest absolute Gasteiger partial charge is 0.191 e. The largest absolute Gasteiger partial charge is 0.367 e. The van der Waals surface area contributed by atoms with E-state index in [4.69, 9.17) is 9.97 Å². The molecule has 0 aliphatic heterocycles. The van der Waals surface area contributed by atoms with Crippen LogP contribution < -0.4 is 5.32 Å². The number of hydrogen-bond donors (Lipinski definition) is 1. The predicted octanol–water partition coefficient (Wildman–Crippen LogP) is 4.92. The Kier molecular flexibility index (Phi) is 5.11. The monoisotopic (exact) mass is 367 g/mol. The van der Waals surface area contributed by atoms with Crippen LogP contribution in [0.1, 0.15) is 39.0 Å². The summed E-state index contributed by atoms with van der Waals surface area (Å²) in [5, 5.41) is 10.0. The highest BCUT2D eigenvalue weighted by Gasteiger charge is 2.22. The molecule has 0 amide bonds. The fourth-order valence-corrected chi connectivity index (χ4v) is 4.18. The van der Waals surface area contributed by atoms with E-state index in [9.17, 15) is 0 Å². The summed E-state index contributed by atoms with van der Waals surface area (Å²) in [6, 6.07) is 10.5. The van der Waals surface area contributed by atoms with Crippen LogP contribution >= 0.6 is 11.8 Å². The van der Waals surface area contributed by atoms with E-state index >= 15 is 0 Å². The van der Waals surface area contributed by atoms with Crippen LogP contribution in [-0.4, -0.2) is 32.0 Å². The van der Waals surface area contributed by atoms with Crippen LogP contribution in [0.3, 0.4) is 0 Å². The third-order valence-electron chi connectivity index (χ3n) is 5.31. The number of anilines is 1. The fourth-order valence-electron chi connectivity index (χ4n) is 3.82. The van der Waals surface area contributed by atoms with Crippen LogP contribution in [0.5, 0.6) is 0 Å². The maximum atomic E-state index is 4.75. The van der Waals surface area contributed by atoms with Gasteiger partial charge in [-0.3, -0.25) is 0 Å². The standard InChI is InChI=1S/C20H25N5S/c1-14(15-9-5-3-6-10-15)22-18-17-13-21-25(16-11-7-4-8-12-16)19(17)24-20(23-18)26-2/h4,7-8,11-15H,3,5-6,9-10H2,1-2H3,(H,22,23,24). The number of aromatic nitrogens is 4. The van der Waals surface area contributed by atoms with Crippen molar-refractivity contribution in [2.75, 3.05) is 11.6 Å². The Morgan fingerprint density at radius 2 is 1.88 bits per heavy atom. The summed E-state index contributed by atoms with van der Waals surface area (Å²) in [7, 11) is 0. The number of nitrogens with zero attached hydrogens (tertiary/aromatic N) is 4. The van der Waals surface area contributed by atoms with E-state index in [1.54, 1.807) is 11.8 Å². The zero-order chi connectivity index (χ0) is 17.9. The fraction of sp³-hybridized carbons (Fsp3) is 0.450. The van der Waals surface area contributed by atoms with Gasteiger partial charge < -0.3 is 5.32 Å². The van der Waals surface area contributed by atoms with Crippen LogP contribution in [-0.2, 0) is 0 Å². The van der Waals surface area contributed by atoms with Crippen LogP contribution in [0.25, 0.3) is 16.7 Å². The van der Waals surface area contributed by atoms with Gasteiger partial charge in [-0.25, -0.2) is 14.6 Å². The Balaban J connectivity index is 1.71. The molecule has 1 aliphatic rings. The summed E-state index contributed by atoms with van der Waals surface area (Å²) in [6.45, 7) is 2.28. The van der Waals surface area contributed by atoms with E-state index in [0.29, 0.717) is 6.04 Å². The maximum absolute atomic E-state index is 4.75. The van der Waals surface area contributed by atoms with Gasteiger partial charge in [0.2, 0.25) is 0 Å². The number of thioether (sulfide) groups is 1. The lowest BCUT2D eigenvalue weighted by molar-refractivity contribution is 0.328. The summed E-state index contributed by atoms with van der Waals surface area (Å²) in [4.78, 5) is 9.47. The summed E-state index contributed by atoms with van der Waals surface area (Å²) in [6.07, 6.45) is 10.6. The molecule has 136 valence electrons. The summed E-state index contributed by atoms with van der Waals surface area (Å²) >= 11 is 1.56. The second-order valence-corrected chi connectivity index (χ2v) is 7.79. The molecule has 1 saturated carbocycles. The molecule has 2 heterocycles. The molecular formula is C20H25N5S. The van der Waals surface area contributed by atoms with Crippen molar-refractivity contribution in [2.45, 2.75) is 50.2 Å². The normalized spacial score (nSPS) is 16.7. The molecule has 1 aliphatic carbocycles. The Bertz CT molecular complexity index is 871. The first-order chi connectivity index (χ1) is 12.8. The van der Waals surface area contributed by atoms with Crippen molar-refractivity contribution in [3.8, 4) is 5.69 Å². The molecule has 4 rings (SSSR count). The first-order valence-electron chi connectivity index (χ1n) is 9.38. The average molecular weight is 368 g/mol. The first kappa shape index (κ1) is 17.3. The SMILES string of the molecule is CSc1nc(NC(C)C2CCCCC2)c2cnn(-c3ccccc3)c2n1. The number of benzene rings is 1. The molecule has 0 spiro atoms. The van der Waals surface area contributed by atoms with Crippen molar-refractivity contribution in [3.05, 3.63) is 36.5 Å². The number of hydrogen-bond acceptors (Lipinski definition) is 5. The number of nitrogens with one attached hydrogen (secondary N) is 1. The van der Waals surface area contributed by atoms with Crippen molar-refractivity contribution in [3.63, 3.8) is 0 Å². The maximum Gasteiger partial charge on any atom is 0.191 e.